The molecule has 0 radical (unpaired) electrons. The highest BCUT2D eigenvalue weighted by Gasteiger charge is 2.25. The largest absolute Gasteiger partial charge is 0.351 e. The lowest BCUT2D eigenvalue weighted by Gasteiger charge is -2.14. The van der Waals surface area contributed by atoms with Gasteiger partial charge in [0.05, 0.1) is 16.5 Å². The number of nitrogens with one attached hydrogen (secondary N) is 3. The van der Waals surface area contributed by atoms with E-state index in [1.807, 2.05) is 0 Å². The maximum atomic E-state index is 15.3. The second kappa shape index (κ2) is 9.30. The number of aromatic amines is 1. The van der Waals surface area contributed by atoms with Gasteiger partial charge in [-0.1, -0.05) is 13.0 Å². The summed E-state index contributed by atoms with van der Waals surface area (Å²) in [7, 11) is -3.79. The van der Waals surface area contributed by atoms with Crippen molar-refractivity contribution in [1.29, 1.82) is 0 Å². The normalized spacial score (nSPS) is 14.5. The highest BCUT2D eigenvalue weighted by molar-refractivity contribution is 7.93. The van der Waals surface area contributed by atoms with E-state index in [0.29, 0.717) is 35.0 Å². The smallest absolute Gasteiger partial charge is 0.235 e. The molecule has 186 valence electrons. The average Bonchev–Trinajstić information content (AvgIpc) is 3.59. The molecule has 0 amide bonds. The maximum absolute atomic E-state index is 15.3. The summed E-state index contributed by atoms with van der Waals surface area (Å²) in [5.74, 6) is -0.963. The molecule has 1 aromatic carbocycles. The molecule has 11 heteroatoms. The minimum absolute atomic E-state index is 0.216. The molecule has 3 N–H and O–H groups in total. The first-order valence-corrected chi connectivity index (χ1v) is 13.2. The lowest BCUT2D eigenvalue weighted by atomic mass is 10.0. The van der Waals surface area contributed by atoms with Gasteiger partial charge in [0, 0.05) is 52.9 Å². The van der Waals surface area contributed by atoms with Gasteiger partial charge in [-0.05, 0) is 44.4 Å². The number of sulfonamides is 1. The number of carbonyl (C=O) groups excluding carboxylic acids is 1. The molecule has 3 aromatic heterocycles. The van der Waals surface area contributed by atoms with E-state index in [1.165, 1.54) is 31.3 Å². The molecule has 0 bridgehead atoms. The SMILES string of the molecule is CCC(C)S(=O)(=O)Nc1cccc(C(=O)c2c[nH]c3ncc(-c4cnc(NC5CC5)nc4)cc23)c1F. The Labute approximate surface area is 207 Å². The van der Waals surface area contributed by atoms with Crippen LogP contribution in [0, 0.1) is 5.82 Å². The molecule has 9 nitrogen and oxygen atoms in total. The maximum Gasteiger partial charge on any atom is 0.235 e. The van der Waals surface area contributed by atoms with Crippen LogP contribution in [-0.2, 0) is 10.0 Å². The fourth-order valence-corrected chi connectivity index (χ4v) is 4.82. The predicted molar refractivity (Wildman–Crippen MR) is 136 cm³/mol. The second-order valence-corrected chi connectivity index (χ2v) is 11.0. The minimum Gasteiger partial charge on any atom is -0.351 e. The Kier molecular flexibility index (Phi) is 6.17. The zero-order valence-electron chi connectivity index (χ0n) is 19.7. The molecule has 1 unspecified atom stereocenters. The first-order chi connectivity index (χ1) is 17.3. The Bertz CT molecular complexity index is 1550. The van der Waals surface area contributed by atoms with Crippen molar-refractivity contribution in [3.63, 3.8) is 0 Å². The summed E-state index contributed by atoms with van der Waals surface area (Å²) in [5, 5.41) is 3.02. The highest BCUT2D eigenvalue weighted by atomic mass is 32.2. The highest BCUT2D eigenvalue weighted by Crippen LogP contribution is 2.29. The fourth-order valence-electron chi connectivity index (χ4n) is 3.72. The van der Waals surface area contributed by atoms with E-state index >= 15 is 4.39 Å². The Balaban J connectivity index is 1.46. The number of rotatable bonds is 9. The van der Waals surface area contributed by atoms with Crippen molar-refractivity contribution in [3.8, 4) is 11.1 Å². The number of anilines is 2. The van der Waals surface area contributed by atoms with Gasteiger partial charge >= 0.3 is 0 Å². The summed E-state index contributed by atoms with van der Waals surface area (Å²) in [4.78, 5) is 29.4. The summed E-state index contributed by atoms with van der Waals surface area (Å²) < 4.78 is 42.4. The monoisotopic (exact) mass is 508 g/mol. The Morgan fingerprint density at radius 2 is 1.86 bits per heavy atom. The van der Waals surface area contributed by atoms with Crippen LogP contribution in [0.5, 0.6) is 0 Å². The molecule has 0 spiro atoms. The zero-order chi connectivity index (χ0) is 25.4. The van der Waals surface area contributed by atoms with Crippen molar-refractivity contribution in [2.24, 2.45) is 0 Å². The number of hydrogen-bond acceptors (Lipinski definition) is 7. The molecule has 0 aliphatic heterocycles. The van der Waals surface area contributed by atoms with E-state index in [9.17, 15) is 13.2 Å². The van der Waals surface area contributed by atoms with E-state index in [1.54, 1.807) is 31.6 Å². The predicted octanol–water partition coefficient (Wildman–Crippen LogP) is 4.50. The van der Waals surface area contributed by atoms with Crippen molar-refractivity contribution in [2.45, 2.75) is 44.4 Å². The number of H-pyrrole nitrogens is 1. The quantitative estimate of drug-likeness (QED) is 0.284. The molecule has 0 saturated heterocycles. The lowest BCUT2D eigenvalue weighted by Crippen LogP contribution is -2.25. The number of halogens is 1. The van der Waals surface area contributed by atoms with Crippen LogP contribution in [0.25, 0.3) is 22.2 Å². The van der Waals surface area contributed by atoms with Crippen molar-refractivity contribution < 1.29 is 17.6 Å². The zero-order valence-corrected chi connectivity index (χ0v) is 20.6. The summed E-state index contributed by atoms with van der Waals surface area (Å²) >= 11 is 0. The number of carbonyl (C=O) groups is 1. The van der Waals surface area contributed by atoms with E-state index in [-0.39, 0.29) is 16.8 Å². The summed E-state index contributed by atoms with van der Waals surface area (Å²) in [6.07, 6.45) is 9.07. The Morgan fingerprint density at radius 3 is 2.56 bits per heavy atom. The fraction of sp³-hybridized carbons (Fsp3) is 0.280. The number of aromatic nitrogens is 4. The number of fused-ring (bicyclic) bond motifs is 1. The van der Waals surface area contributed by atoms with Crippen molar-refractivity contribution >= 4 is 38.5 Å². The van der Waals surface area contributed by atoms with E-state index < -0.39 is 26.9 Å². The van der Waals surface area contributed by atoms with Gasteiger partial charge < -0.3 is 10.3 Å². The van der Waals surface area contributed by atoms with Gasteiger partial charge in [-0.15, -0.1) is 0 Å². The summed E-state index contributed by atoms with van der Waals surface area (Å²) in [6.45, 7) is 3.26. The van der Waals surface area contributed by atoms with Crippen LogP contribution in [0.3, 0.4) is 0 Å². The summed E-state index contributed by atoms with van der Waals surface area (Å²) in [6, 6.07) is 6.27. The van der Waals surface area contributed by atoms with Crippen molar-refractivity contribution in [1.82, 2.24) is 19.9 Å². The van der Waals surface area contributed by atoms with Gasteiger partial charge in [0.2, 0.25) is 16.0 Å². The molecule has 1 aliphatic rings. The van der Waals surface area contributed by atoms with Gasteiger partial charge in [0.1, 0.15) is 5.65 Å². The molecular weight excluding hydrogens is 483 g/mol. The van der Waals surface area contributed by atoms with Crippen LogP contribution in [0.2, 0.25) is 0 Å². The number of nitrogens with zero attached hydrogens (tertiary/aromatic N) is 3. The van der Waals surface area contributed by atoms with E-state index in [2.05, 4.69) is 30.0 Å². The van der Waals surface area contributed by atoms with Gasteiger partial charge in [-0.25, -0.2) is 27.8 Å². The number of hydrogen-bond donors (Lipinski definition) is 3. The first kappa shape index (κ1) is 23.9. The number of ketones is 1. The molecule has 1 aliphatic carbocycles. The Hall–Kier alpha value is -3.86. The molecule has 3 heterocycles. The lowest BCUT2D eigenvalue weighted by molar-refractivity contribution is 0.103. The molecule has 5 rings (SSSR count). The van der Waals surface area contributed by atoms with Crippen LogP contribution >= 0.6 is 0 Å². The molecular formula is C25H25FN6O3S. The molecule has 1 fully saturated rings. The molecule has 1 atom stereocenters. The number of benzene rings is 1. The molecule has 4 aromatic rings. The third-order valence-corrected chi connectivity index (χ3v) is 8.17. The van der Waals surface area contributed by atoms with Gasteiger partial charge in [-0.3, -0.25) is 9.52 Å². The first-order valence-electron chi connectivity index (χ1n) is 11.7. The van der Waals surface area contributed by atoms with Crippen LogP contribution in [0.1, 0.15) is 49.0 Å². The van der Waals surface area contributed by atoms with Crippen LogP contribution in [0.4, 0.5) is 16.0 Å². The molecule has 1 saturated carbocycles. The van der Waals surface area contributed by atoms with Gasteiger partial charge in [0.15, 0.2) is 11.6 Å². The van der Waals surface area contributed by atoms with Crippen LogP contribution in [-0.4, -0.2) is 45.4 Å². The van der Waals surface area contributed by atoms with Crippen molar-refractivity contribution in [2.75, 3.05) is 10.0 Å². The average molecular weight is 509 g/mol. The van der Waals surface area contributed by atoms with Gasteiger partial charge in [0.25, 0.3) is 0 Å². The van der Waals surface area contributed by atoms with Crippen molar-refractivity contribution in [3.05, 3.63) is 66.0 Å². The van der Waals surface area contributed by atoms with Crippen LogP contribution < -0.4 is 10.0 Å². The summed E-state index contributed by atoms with van der Waals surface area (Å²) in [5.41, 5.74) is 1.58. The third-order valence-electron chi connectivity index (χ3n) is 6.27. The second-order valence-electron chi connectivity index (χ2n) is 8.90. The van der Waals surface area contributed by atoms with E-state index in [4.69, 9.17) is 0 Å². The number of pyridine rings is 1. The topological polar surface area (TPSA) is 130 Å². The molecule has 36 heavy (non-hydrogen) atoms. The minimum atomic E-state index is -3.79. The Morgan fingerprint density at radius 1 is 1.14 bits per heavy atom. The van der Waals surface area contributed by atoms with Gasteiger partial charge in [-0.2, -0.15) is 0 Å². The van der Waals surface area contributed by atoms with E-state index in [0.717, 1.165) is 18.4 Å². The standard InChI is InChI=1S/C25H25FN6O3S/c1-3-14(2)36(34,35)32-21-6-4-5-18(22(21)26)23(33)20-13-28-24-19(20)9-15(10-27-24)16-11-29-25(30-12-16)31-17-7-8-17/h4-6,9-14,17,32H,3,7-8H2,1-2H3,(H,27,28)(H,29,30,31). The van der Waals surface area contributed by atoms with Crippen LogP contribution in [0.15, 0.2) is 49.1 Å². The third kappa shape index (κ3) is 4.66.